The predicted octanol–water partition coefficient (Wildman–Crippen LogP) is 2.52. The molecule has 140 valence electrons. The van der Waals surface area contributed by atoms with Crippen molar-refractivity contribution in [1.82, 2.24) is 15.2 Å². The van der Waals surface area contributed by atoms with E-state index in [0.29, 0.717) is 17.5 Å². The van der Waals surface area contributed by atoms with Gasteiger partial charge in [0.25, 0.3) is 0 Å². The van der Waals surface area contributed by atoms with Crippen LogP contribution in [0.3, 0.4) is 0 Å². The van der Waals surface area contributed by atoms with Crippen LogP contribution in [-0.4, -0.2) is 47.9 Å². The SMILES string of the molecule is CCNCC1CCN(C(=O)Cc2csc(NC(=O)C(C)(C)C)n2)CC1. The van der Waals surface area contributed by atoms with Crippen molar-refractivity contribution in [2.75, 3.05) is 31.5 Å². The maximum Gasteiger partial charge on any atom is 0.231 e. The van der Waals surface area contributed by atoms with Crippen LogP contribution in [-0.2, 0) is 16.0 Å². The smallest absolute Gasteiger partial charge is 0.231 e. The lowest BCUT2D eigenvalue weighted by molar-refractivity contribution is -0.131. The second-order valence-electron chi connectivity index (χ2n) is 7.66. The second-order valence-corrected chi connectivity index (χ2v) is 8.51. The summed E-state index contributed by atoms with van der Waals surface area (Å²) in [5.74, 6) is 0.728. The molecule has 1 aliphatic rings. The second kappa shape index (κ2) is 8.76. The van der Waals surface area contributed by atoms with Crippen LogP contribution in [0.4, 0.5) is 5.13 Å². The van der Waals surface area contributed by atoms with Crippen LogP contribution >= 0.6 is 11.3 Å². The zero-order valence-corrected chi connectivity index (χ0v) is 16.5. The zero-order chi connectivity index (χ0) is 18.4. The van der Waals surface area contributed by atoms with Crippen LogP contribution < -0.4 is 10.6 Å². The number of aromatic nitrogens is 1. The monoisotopic (exact) mass is 366 g/mol. The molecule has 1 saturated heterocycles. The molecule has 0 atom stereocenters. The first-order chi connectivity index (χ1) is 11.8. The summed E-state index contributed by atoms with van der Waals surface area (Å²) in [4.78, 5) is 30.8. The van der Waals surface area contributed by atoms with E-state index in [2.05, 4.69) is 22.5 Å². The lowest BCUT2D eigenvalue weighted by Gasteiger charge is -2.32. The molecule has 0 aromatic carbocycles. The minimum Gasteiger partial charge on any atom is -0.342 e. The average Bonchev–Trinajstić information content (AvgIpc) is 2.99. The third kappa shape index (κ3) is 6.08. The number of piperidine rings is 1. The fourth-order valence-electron chi connectivity index (χ4n) is 2.73. The fourth-order valence-corrected chi connectivity index (χ4v) is 3.44. The van der Waals surface area contributed by atoms with Gasteiger partial charge in [-0.15, -0.1) is 11.3 Å². The van der Waals surface area contributed by atoms with Gasteiger partial charge in [-0.05, 0) is 31.8 Å². The molecular weight excluding hydrogens is 336 g/mol. The minimum atomic E-state index is -0.460. The molecule has 0 aliphatic carbocycles. The van der Waals surface area contributed by atoms with Crippen molar-refractivity contribution in [2.24, 2.45) is 11.3 Å². The van der Waals surface area contributed by atoms with Crippen molar-refractivity contribution in [1.29, 1.82) is 0 Å². The molecule has 1 aromatic rings. The van der Waals surface area contributed by atoms with Crippen LogP contribution in [0.25, 0.3) is 0 Å². The molecule has 25 heavy (non-hydrogen) atoms. The van der Waals surface area contributed by atoms with E-state index in [-0.39, 0.29) is 11.8 Å². The Labute approximate surface area is 154 Å². The van der Waals surface area contributed by atoms with Gasteiger partial charge in [-0.3, -0.25) is 9.59 Å². The van der Waals surface area contributed by atoms with Crippen molar-refractivity contribution in [3.8, 4) is 0 Å². The Kier molecular flexibility index (Phi) is 6.95. The van der Waals surface area contributed by atoms with Crippen LogP contribution in [0.15, 0.2) is 5.38 Å². The third-order valence-electron chi connectivity index (χ3n) is 4.44. The van der Waals surface area contributed by atoms with Crippen LogP contribution in [0.5, 0.6) is 0 Å². The van der Waals surface area contributed by atoms with Crippen LogP contribution in [0.2, 0.25) is 0 Å². The highest BCUT2D eigenvalue weighted by Gasteiger charge is 2.24. The first-order valence-corrected chi connectivity index (χ1v) is 9.92. The van der Waals surface area contributed by atoms with Gasteiger partial charge in [0.05, 0.1) is 12.1 Å². The Balaban J connectivity index is 1.81. The number of likely N-dealkylation sites (tertiary alicyclic amines) is 1. The molecular formula is C18H30N4O2S. The Morgan fingerprint density at radius 2 is 2.00 bits per heavy atom. The number of amides is 2. The van der Waals surface area contributed by atoms with E-state index in [1.54, 1.807) is 0 Å². The van der Waals surface area contributed by atoms with Gasteiger partial charge in [0.2, 0.25) is 11.8 Å². The quantitative estimate of drug-likeness (QED) is 0.811. The van der Waals surface area contributed by atoms with Gasteiger partial charge in [-0.2, -0.15) is 0 Å². The number of anilines is 1. The molecule has 0 radical (unpaired) electrons. The molecule has 6 nitrogen and oxygen atoms in total. The maximum absolute atomic E-state index is 12.5. The summed E-state index contributed by atoms with van der Waals surface area (Å²) in [6, 6.07) is 0. The number of rotatable bonds is 6. The summed E-state index contributed by atoms with van der Waals surface area (Å²) in [6.07, 6.45) is 2.42. The molecule has 7 heteroatoms. The molecule has 1 aromatic heterocycles. The van der Waals surface area contributed by atoms with Crippen molar-refractivity contribution < 1.29 is 9.59 Å². The molecule has 0 saturated carbocycles. The normalized spacial score (nSPS) is 16.1. The number of hydrogen-bond acceptors (Lipinski definition) is 5. The lowest BCUT2D eigenvalue weighted by Crippen LogP contribution is -2.41. The summed E-state index contributed by atoms with van der Waals surface area (Å²) >= 11 is 1.37. The molecule has 2 N–H and O–H groups in total. The Bertz CT molecular complexity index is 586. The summed E-state index contributed by atoms with van der Waals surface area (Å²) in [5, 5.41) is 8.62. The van der Waals surface area contributed by atoms with Crippen LogP contribution in [0.1, 0.15) is 46.2 Å². The van der Waals surface area contributed by atoms with Crippen molar-refractivity contribution in [2.45, 2.75) is 47.0 Å². The lowest BCUT2D eigenvalue weighted by atomic mass is 9.96. The summed E-state index contributed by atoms with van der Waals surface area (Å²) in [6.45, 7) is 11.4. The van der Waals surface area contributed by atoms with Crippen LogP contribution in [0, 0.1) is 11.3 Å². The summed E-state index contributed by atoms with van der Waals surface area (Å²) in [5.41, 5.74) is 0.271. The topological polar surface area (TPSA) is 74.3 Å². The standard InChI is InChI=1S/C18H30N4O2S/c1-5-19-11-13-6-8-22(9-7-13)15(23)10-14-12-25-17(20-14)21-16(24)18(2,3)4/h12-13,19H,5-11H2,1-4H3,(H,20,21,24). The van der Waals surface area contributed by atoms with E-state index in [0.717, 1.165) is 44.7 Å². The molecule has 0 unspecified atom stereocenters. The van der Waals surface area contributed by atoms with Crippen molar-refractivity contribution in [3.63, 3.8) is 0 Å². The molecule has 2 amide bonds. The number of carbonyl (C=O) groups is 2. The number of thiazole rings is 1. The molecule has 0 spiro atoms. The molecule has 1 fully saturated rings. The molecule has 0 bridgehead atoms. The fraction of sp³-hybridized carbons (Fsp3) is 0.722. The highest BCUT2D eigenvalue weighted by molar-refractivity contribution is 7.13. The highest BCUT2D eigenvalue weighted by atomic mass is 32.1. The van der Waals surface area contributed by atoms with Gasteiger partial charge in [0, 0.05) is 23.9 Å². The highest BCUT2D eigenvalue weighted by Crippen LogP contribution is 2.22. The van der Waals surface area contributed by atoms with Gasteiger partial charge >= 0.3 is 0 Å². The van der Waals surface area contributed by atoms with E-state index in [1.807, 2.05) is 31.1 Å². The van der Waals surface area contributed by atoms with E-state index >= 15 is 0 Å². The van der Waals surface area contributed by atoms with E-state index in [4.69, 9.17) is 0 Å². The number of carbonyl (C=O) groups excluding carboxylic acids is 2. The Morgan fingerprint density at radius 1 is 1.32 bits per heavy atom. The predicted molar refractivity (Wildman–Crippen MR) is 102 cm³/mol. The number of nitrogens with one attached hydrogen (secondary N) is 2. The Hall–Kier alpha value is -1.47. The third-order valence-corrected chi connectivity index (χ3v) is 5.24. The maximum atomic E-state index is 12.5. The minimum absolute atomic E-state index is 0.0671. The van der Waals surface area contributed by atoms with Crippen molar-refractivity contribution >= 4 is 28.3 Å². The Morgan fingerprint density at radius 3 is 2.60 bits per heavy atom. The first kappa shape index (κ1) is 19.8. The number of hydrogen-bond donors (Lipinski definition) is 2. The molecule has 2 rings (SSSR count). The number of nitrogens with zero attached hydrogens (tertiary/aromatic N) is 2. The van der Waals surface area contributed by atoms with Gasteiger partial charge in [0.15, 0.2) is 5.13 Å². The summed E-state index contributed by atoms with van der Waals surface area (Å²) in [7, 11) is 0. The van der Waals surface area contributed by atoms with E-state index < -0.39 is 5.41 Å². The largest absolute Gasteiger partial charge is 0.342 e. The first-order valence-electron chi connectivity index (χ1n) is 9.04. The van der Waals surface area contributed by atoms with Gasteiger partial charge in [-0.25, -0.2) is 4.98 Å². The van der Waals surface area contributed by atoms with Gasteiger partial charge in [0.1, 0.15) is 0 Å². The molecule has 2 heterocycles. The van der Waals surface area contributed by atoms with Gasteiger partial charge in [-0.1, -0.05) is 27.7 Å². The van der Waals surface area contributed by atoms with E-state index in [1.165, 1.54) is 11.3 Å². The van der Waals surface area contributed by atoms with Crippen molar-refractivity contribution in [3.05, 3.63) is 11.1 Å². The average molecular weight is 367 g/mol. The van der Waals surface area contributed by atoms with Gasteiger partial charge < -0.3 is 15.5 Å². The van der Waals surface area contributed by atoms with E-state index in [9.17, 15) is 9.59 Å². The zero-order valence-electron chi connectivity index (χ0n) is 15.7. The summed E-state index contributed by atoms with van der Waals surface area (Å²) < 4.78 is 0. The molecule has 1 aliphatic heterocycles.